The summed E-state index contributed by atoms with van der Waals surface area (Å²) in [6.45, 7) is 12.7. The van der Waals surface area contributed by atoms with Crippen LogP contribution in [0.3, 0.4) is 0 Å². The second-order valence-corrected chi connectivity index (χ2v) is 13.7. The van der Waals surface area contributed by atoms with Crippen LogP contribution in [0.15, 0.2) is 0 Å². The lowest BCUT2D eigenvalue weighted by molar-refractivity contribution is -0.146. The Labute approximate surface area is 185 Å². The Morgan fingerprint density at radius 3 is 2.17 bits per heavy atom. The molecule has 0 aromatic rings. The number of aliphatic hydroxyl groups is 1. The Balaban J connectivity index is 1.51. The van der Waals surface area contributed by atoms with Crippen LogP contribution in [-0.4, -0.2) is 49.3 Å². The topological polar surface area (TPSA) is 35.5 Å². The van der Waals surface area contributed by atoms with Crippen LogP contribution in [0.1, 0.15) is 86.0 Å². The van der Waals surface area contributed by atoms with Gasteiger partial charge in [0.25, 0.3) is 0 Å². The van der Waals surface area contributed by atoms with Crippen molar-refractivity contribution in [2.75, 3.05) is 21.1 Å². The van der Waals surface area contributed by atoms with Gasteiger partial charge in [0.2, 0.25) is 0 Å². The number of nitrogens with one attached hydrogen (secondary N) is 1. The molecule has 0 bridgehead atoms. The van der Waals surface area contributed by atoms with Crippen molar-refractivity contribution in [1.29, 1.82) is 0 Å². The zero-order valence-electron chi connectivity index (χ0n) is 21.0. The summed E-state index contributed by atoms with van der Waals surface area (Å²) in [4.78, 5) is 2.35. The van der Waals surface area contributed by atoms with E-state index in [0.717, 1.165) is 18.3 Å². The van der Waals surface area contributed by atoms with E-state index < -0.39 is 0 Å². The Morgan fingerprint density at radius 2 is 1.53 bits per heavy atom. The van der Waals surface area contributed by atoms with Crippen LogP contribution in [0.5, 0.6) is 0 Å². The summed E-state index contributed by atoms with van der Waals surface area (Å²) >= 11 is 0. The maximum absolute atomic E-state index is 11.4. The van der Waals surface area contributed by atoms with Gasteiger partial charge < -0.3 is 15.3 Å². The fourth-order valence-electron chi connectivity index (χ4n) is 11.2. The average molecular weight is 417 g/mol. The number of aliphatic hydroxyl groups excluding tert-OH is 1. The van der Waals surface area contributed by atoms with Crippen LogP contribution in [0, 0.1) is 44.8 Å². The first-order valence-corrected chi connectivity index (χ1v) is 12.9. The number of fused-ring (bicyclic) bond motifs is 2. The summed E-state index contributed by atoms with van der Waals surface area (Å²) < 4.78 is 0. The molecule has 5 aliphatic carbocycles. The van der Waals surface area contributed by atoms with Crippen LogP contribution in [-0.2, 0) is 0 Å². The molecule has 0 saturated heterocycles. The van der Waals surface area contributed by atoms with Gasteiger partial charge >= 0.3 is 0 Å². The highest BCUT2D eigenvalue weighted by Crippen LogP contribution is 2.88. The first kappa shape index (κ1) is 21.7. The molecule has 0 heterocycles. The molecule has 5 rings (SSSR count). The van der Waals surface area contributed by atoms with Crippen molar-refractivity contribution in [2.24, 2.45) is 44.8 Å². The molecule has 0 amide bonds. The summed E-state index contributed by atoms with van der Waals surface area (Å²) in [5.74, 6) is 2.10. The van der Waals surface area contributed by atoms with E-state index in [1.54, 1.807) is 0 Å². The summed E-state index contributed by atoms with van der Waals surface area (Å²) in [5, 5.41) is 15.1. The molecule has 0 radical (unpaired) electrons. The fourth-order valence-corrected chi connectivity index (χ4v) is 11.2. The van der Waals surface area contributed by atoms with E-state index >= 15 is 0 Å². The van der Waals surface area contributed by atoms with Crippen molar-refractivity contribution in [3.8, 4) is 0 Å². The highest BCUT2D eigenvalue weighted by atomic mass is 16.3. The zero-order valence-corrected chi connectivity index (χ0v) is 21.0. The molecule has 5 fully saturated rings. The quantitative estimate of drug-likeness (QED) is 0.684. The average Bonchev–Trinajstić information content (AvgIpc) is 3.27. The van der Waals surface area contributed by atoms with Gasteiger partial charge in [-0.2, -0.15) is 0 Å². The molecule has 0 aromatic carbocycles. The van der Waals surface area contributed by atoms with Gasteiger partial charge in [-0.05, 0) is 118 Å². The van der Waals surface area contributed by atoms with Crippen LogP contribution < -0.4 is 5.32 Å². The van der Waals surface area contributed by atoms with Crippen LogP contribution in [0.2, 0.25) is 0 Å². The molecule has 5 aliphatic rings. The third-order valence-corrected chi connectivity index (χ3v) is 12.9. The molecule has 0 aliphatic heterocycles. The highest BCUT2D eigenvalue weighted by Gasteiger charge is 2.82. The smallest absolute Gasteiger partial charge is 0.0594 e. The minimum atomic E-state index is -0.142. The van der Waals surface area contributed by atoms with Gasteiger partial charge in [0.1, 0.15) is 0 Å². The predicted molar refractivity (Wildman–Crippen MR) is 124 cm³/mol. The first-order chi connectivity index (χ1) is 13.9. The zero-order chi connectivity index (χ0) is 21.9. The summed E-state index contributed by atoms with van der Waals surface area (Å²) in [6, 6.07) is 1.11. The lowest BCUT2D eigenvalue weighted by atomic mass is 9.42. The van der Waals surface area contributed by atoms with Gasteiger partial charge in [-0.25, -0.2) is 0 Å². The molecular weight excluding hydrogens is 368 g/mol. The van der Waals surface area contributed by atoms with Crippen LogP contribution >= 0.6 is 0 Å². The Kier molecular flexibility index (Phi) is 4.53. The maximum Gasteiger partial charge on any atom is 0.0594 e. The van der Waals surface area contributed by atoms with Crippen LogP contribution in [0.25, 0.3) is 0 Å². The van der Waals surface area contributed by atoms with Crippen LogP contribution in [0.4, 0.5) is 0 Å². The molecule has 2 N–H and O–H groups in total. The number of hydrogen-bond donors (Lipinski definition) is 2. The SMILES string of the molecule is CN[C@H]1CC[C@]23C[C@]24CC[C@]2(C)[C@@H]([C@H](C)N(C)C)[C@H](O)C[C@@]2(C)[C@@H]4CC[C@H]3C1(C)C. The van der Waals surface area contributed by atoms with Crippen molar-refractivity contribution >= 4 is 0 Å². The van der Waals surface area contributed by atoms with E-state index in [0.29, 0.717) is 34.2 Å². The molecule has 10 atom stereocenters. The van der Waals surface area contributed by atoms with Gasteiger partial charge in [0, 0.05) is 18.0 Å². The molecule has 3 nitrogen and oxygen atoms in total. The second-order valence-electron chi connectivity index (χ2n) is 13.7. The number of nitrogens with zero attached hydrogens (tertiary/aromatic N) is 1. The molecule has 30 heavy (non-hydrogen) atoms. The molecule has 2 spiro atoms. The largest absolute Gasteiger partial charge is 0.393 e. The minimum absolute atomic E-state index is 0.142. The van der Waals surface area contributed by atoms with Gasteiger partial charge in [0.05, 0.1) is 6.10 Å². The van der Waals surface area contributed by atoms with Crippen molar-refractivity contribution < 1.29 is 5.11 Å². The fraction of sp³-hybridized carbons (Fsp3) is 1.00. The monoisotopic (exact) mass is 416 g/mol. The summed E-state index contributed by atoms with van der Waals surface area (Å²) in [6.07, 6.45) is 10.7. The molecule has 3 heteroatoms. The van der Waals surface area contributed by atoms with E-state index in [1.165, 1.54) is 44.9 Å². The number of rotatable bonds is 3. The summed E-state index contributed by atoms with van der Waals surface area (Å²) in [5.41, 5.74) is 2.14. The minimum Gasteiger partial charge on any atom is -0.393 e. The van der Waals surface area contributed by atoms with Gasteiger partial charge in [-0.1, -0.05) is 27.7 Å². The van der Waals surface area contributed by atoms with Gasteiger partial charge in [-0.15, -0.1) is 0 Å². The lowest BCUT2D eigenvalue weighted by Gasteiger charge is -2.63. The number of hydrogen-bond acceptors (Lipinski definition) is 3. The maximum atomic E-state index is 11.4. The standard InChI is InChI=1S/C27H48N2O/c1-17(29(7)8)22-18(30)15-25(5)20-10-9-19-23(2,3)21(28-6)11-12-26(19)16-27(20,26)14-13-24(22,25)4/h17-22,28,30H,9-16H2,1-8H3/t17-,18+,19-,20-,21-,22-,24+,25-,26+,27-/m0/s1. The highest BCUT2D eigenvalue weighted by molar-refractivity contribution is 5.31. The second kappa shape index (κ2) is 6.26. The molecular formula is C27H48N2O. The van der Waals surface area contributed by atoms with Gasteiger partial charge in [0.15, 0.2) is 0 Å². The Hall–Kier alpha value is -0.120. The molecule has 0 unspecified atom stereocenters. The van der Waals surface area contributed by atoms with Crippen molar-refractivity contribution in [3.05, 3.63) is 0 Å². The van der Waals surface area contributed by atoms with E-state index in [-0.39, 0.29) is 16.9 Å². The van der Waals surface area contributed by atoms with E-state index in [9.17, 15) is 5.11 Å². The van der Waals surface area contributed by atoms with Crippen molar-refractivity contribution in [1.82, 2.24) is 10.2 Å². The lowest BCUT2D eigenvalue weighted by Crippen LogP contribution is -2.59. The normalized spacial score (nSPS) is 57.2. The van der Waals surface area contributed by atoms with Crippen molar-refractivity contribution in [3.63, 3.8) is 0 Å². The van der Waals surface area contributed by atoms with E-state index in [1.807, 2.05) is 0 Å². The predicted octanol–water partition coefficient (Wildman–Crippen LogP) is 4.93. The summed E-state index contributed by atoms with van der Waals surface area (Å²) in [7, 11) is 6.58. The molecule has 172 valence electrons. The third kappa shape index (κ3) is 2.24. The third-order valence-electron chi connectivity index (χ3n) is 12.9. The Bertz CT molecular complexity index is 720. The molecule has 5 saturated carbocycles. The first-order valence-electron chi connectivity index (χ1n) is 12.9. The Morgan fingerprint density at radius 1 is 0.900 bits per heavy atom. The van der Waals surface area contributed by atoms with E-state index in [4.69, 9.17) is 0 Å². The van der Waals surface area contributed by atoms with Gasteiger partial charge in [-0.3, -0.25) is 0 Å². The molecule has 0 aromatic heterocycles. The van der Waals surface area contributed by atoms with E-state index in [2.05, 4.69) is 66.0 Å². The van der Waals surface area contributed by atoms with Crippen molar-refractivity contribution in [2.45, 2.75) is 104 Å².